The van der Waals surface area contributed by atoms with Crippen LogP contribution < -0.4 is 14.4 Å². The normalized spacial score (nSPS) is 17.2. The first-order chi connectivity index (χ1) is 17.6. The van der Waals surface area contributed by atoms with Crippen LogP contribution in [0, 0.1) is 0 Å². The second-order valence-electron chi connectivity index (χ2n) is 8.18. The Morgan fingerprint density at radius 1 is 0.919 bits per heavy atom. The van der Waals surface area contributed by atoms with E-state index in [0.717, 1.165) is 23.5 Å². The molecule has 10 heteroatoms. The Morgan fingerprint density at radius 2 is 1.51 bits per heavy atom. The predicted molar refractivity (Wildman–Crippen MR) is 128 cm³/mol. The van der Waals surface area contributed by atoms with Crippen LogP contribution in [0.15, 0.2) is 78.4 Å². The summed E-state index contributed by atoms with van der Waals surface area (Å²) < 4.78 is 47.1. The van der Waals surface area contributed by atoms with E-state index in [9.17, 15) is 33.0 Å². The van der Waals surface area contributed by atoms with E-state index in [1.54, 1.807) is 24.3 Å². The predicted octanol–water partition coefficient (Wildman–Crippen LogP) is 5.71. The van der Waals surface area contributed by atoms with Crippen molar-refractivity contribution < 1.29 is 42.4 Å². The van der Waals surface area contributed by atoms with Crippen molar-refractivity contribution in [3.63, 3.8) is 0 Å². The maximum atomic E-state index is 13.2. The minimum atomic E-state index is -4.89. The molecule has 1 heterocycles. The van der Waals surface area contributed by atoms with E-state index in [0.29, 0.717) is 17.9 Å². The van der Waals surface area contributed by atoms with Gasteiger partial charge in [-0.25, -0.2) is 0 Å². The number of alkyl halides is 3. The van der Waals surface area contributed by atoms with Crippen LogP contribution in [-0.4, -0.2) is 34.9 Å². The molecule has 1 amide bonds. The van der Waals surface area contributed by atoms with Crippen LogP contribution in [0.1, 0.15) is 30.5 Å². The second-order valence-corrected chi connectivity index (χ2v) is 8.18. The monoisotopic (exact) mass is 513 g/mol. The number of phenolic OH excluding ortho intramolecular Hbond substituents is 1. The summed E-state index contributed by atoms with van der Waals surface area (Å²) in [6.07, 6.45) is -4.09. The molecule has 0 radical (unpaired) electrons. The fourth-order valence-corrected chi connectivity index (χ4v) is 3.96. The number of ketones is 1. The summed E-state index contributed by atoms with van der Waals surface area (Å²) in [6, 6.07) is 15.3. The minimum Gasteiger partial charge on any atom is -0.508 e. The van der Waals surface area contributed by atoms with Gasteiger partial charge in [-0.15, -0.1) is 13.2 Å². The van der Waals surface area contributed by atoms with Crippen LogP contribution >= 0.6 is 0 Å². The van der Waals surface area contributed by atoms with Gasteiger partial charge in [0.25, 0.3) is 11.7 Å². The van der Waals surface area contributed by atoms with Crippen molar-refractivity contribution in [3.05, 3.63) is 89.5 Å². The van der Waals surface area contributed by atoms with Crippen LogP contribution in [0.25, 0.3) is 5.76 Å². The Morgan fingerprint density at radius 3 is 2.08 bits per heavy atom. The Bertz CT molecular complexity index is 1320. The summed E-state index contributed by atoms with van der Waals surface area (Å²) in [5.74, 6) is -2.38. The third-order valence-electron chi connectivity index (χ3n) is 5.60. The molecule has 2 N–H and O–H groups in total. The van der Waals surface area contributed by atoms with E-state index in [4.69, 9.17) is 4.74 Å². The minimum absolute atomic E-state index is 0.0583. The first-order valence-corrected chi connectivity index (χ1v) is 11.3. The second kappa shape index (κ2) is 10.3. The summed E-state index contributed by atoms with van der Waals surface area (Å²) >= 11 is 0. The van der Waals surface area contributed by atoms with Gasteiger partial charge in [0.1, 0.15) is 23.0 Å². The van der Waals surface area contributed by atoms with Crippen molar-refractivity contribution in [3.8, 4) is 17.2 Å². The fraction of sp³-hybridized carbons (Fsp3) is 0.185. The summed E-state index contributed by atoms with van der Waals surface area (Å²) in [5.41, 5.74) is 0.544. The molecule has 1 unspecified atom stereocenters. The summed E-state index contributed by atoms with van der Waals surface area (Å²) in [5, 5.41) is 20.9. The molecule has 37 heavy (non-hydrogen) atoms. The maximum Gasteiger partial charge on any atom is 0.573 e. The van der Waals surface area contributed by atoms with Crippen molar-refractivity contribution in [2.75, 3.05) is 11.5 Å². The number of aromatic hydroxyl groups is 1. The van der Waals surface area contributed by atoms with Gasteiger partial charge < -0.3 is 19.7 Å². The van der Waals surface area contributed by atoms with E-state index in [1.165, 1.54) is 36.4 Å². The van der Waals surface area contributed by atoms with Crippen LogP contribution in [0.2, 0.25) is 0 Å². The number of halogens is 3. The molecule has 1 aliphatic rings. The molecule has 3 aromatic rings. The molecule has 1 atom stereocenters. The number of amides is 1. The number of aliphatic hydroxyl groups is 1. The van der Waals surface area contributed by atoms with Crippen LogP contribution in [0.4, 0.5) is 18.9 Å². The van der Waals surface area contributed by atoms with Crippen LogP contribution in [0.3, 0.4) is 0 Å². The van der Waals surface area contributed by atoms with Gasteiger partial charge >= 0.3 is 6.36 Å². The Labute approximate surface area is 210 Å². The van der Waals surface area contributed by atoms with Crippen molar-refractivity contribution in [1.29, 1.82) is 0 Å². The van der Waals surface area contributed by atoms with Gasteiger partial charge in [-0.1, -0.05) is 19.1 Å². The highest BCUT2D eigenvalue weighted by atomic mass is 19.4. The zero-order valence-electron chi connectivity index (χ0n) is 19.5. The average Bonchev–Trinajstić information content (AvgIpc) is 3.13. The molecule has 0 aliphatic carbocycles. The molecule has 0 spiro atoms. The number of nitrogens with zero attached hydrogens (tertiary/aromatic N) is 1. The third-order valence-corrected chi connectivity index (χ3v) is 5.60. The van der Waals surface area contributed by atoms with Crippen molar-refractivity contribution >= 4 is 23.1 Å². The Hall–Kier alpha value is -4.47. The molecule has 1 saturated heterocycles. The Kier molecular flexibility index (Phi) is 7.10. The number of carbonyl (C=O) groups excluding carboxylic acids is 2. The third kappa shape index (κ3) is 5.53. The van der Waals surface area contributed by atoms with E-state index in [1.807, 2.05) is 6.92 Å². The molecule has 7 nitrogen and oxygen atoms in total. The van der Waals surface area contributed by atoms with Crippen LogP contribution in [0.5, 0.6) is 17.2 Å². The van der Waals surface area contributed by atoms with Crippen molar-refractivity contribution in [1.82, 2.24) is 0 Å². The average molecular weight is 513 g/mol. The van der Waals surface area contributed by atoms with Gasteiger partial charge in [0.2, 0.25) is 0 Å². The summed E-state index contributed by atoms with van der Waals surface area (Å²) in [4.78, 5) is 27.4. The molecule has 192 valence electrons. The number of hydrogen-bond acceptors (Lipinski definition) is 6. The quantitative estimate of drug-likeness (QED) is 0.239. The number of aliphatic hydroxyl groups excluding tert-OH is 1. The highest BCUT2D eigenvalue weighted by Gasteiger charge is 2.47. The smallest absolute Gasteiger partial charge is 0.508 e. The fourth-order valence-electron chi connectivity index (χ4n) is 3.96. The molecule has 3 aromatic carbocycles. The first kappa shape index (κ1) is 25.6. The standard InChI is InChI=1S/C27H22F3NO6/c1-2-15-36-20-11-5-17(6-12-20)24(33)22-23(16-3-9-19(32)10-4-16)31(26(35)25(22)34)18-7-13-21(14-8-18)37-27(28,29)30/h3-14,23,32-33H,2,15H2,1H3/b24-22+. The molecule has 0 aromatic heterocycles. The van der Waals surface area contributed by atoms with E-state index >= 15 is 0 Å². The van der Waals surface area contributed by atoms with Gasteiger partial charge in [0.05, 0.1) is 18.2 Å². The highest BCUT2D eigenvalue weighted by Crippen LogP contribution is 2.43. The lowest BCUT2D eigenvalue weighted by Crippen LogP contribution is -2.29. The lowest BCUT2D eigenvalue weighted by Gasteiger charge is -2.25. The topological polar surface area (TPSA) is 96.3 Å². The SMILES string of the molecule is CCCOc1ccc(/C(O)=C2\C(=O)C(=O)N(c3ccc(OC(F)(F)F)cc3)C2c2ccc(O)cc2)cc1. The molecule has 4 rings (SSSR count). The maximum absolute atomic E-state index is 13.2. The van der Waals surface area contributed by atoms with Gasteiger partial charge in [-0.3, -0.25) is 14.5 Å². The van der Waals surface area contributed by atoms with E-state index < -0.39 is 35.6 Å². The number of hydrogen-bond donors (Lipinski definition) is 2. The number of rotatable bonds is 7. The van der Waals surface area contributed by atoms with E-state index in [2.05, 4.69) is 4.74 Å². The number of phenols is 1. The number of anilines is 1. The molecule has 1 aliphatic heterocycles. The highest BCUT2D eigenvalue weighted by molar-refractivity contribution is 6.51. The lowest BCUT2D eigenvalue weighted by molar-refractivity contribution is -0.274. The van der Waals surface area contributed by atoms with E-state index in [-0.39, 0.29) is 22.6 Å². The largest absolute Gasteiger partial charge is 0.573 e. The lowest BCUT2D eigenvalue weighted by atomic mass is 9.95. The van der Waals surface area contributed by atoms with Gasteiger partial charge in [-0.05, 0) is 72.6 Å². The molecular formula is C27H22F3NO6. The zero-order valence-corrected chi connectivity index (χ0v) is 19.5. The molecular weight excluding hydrogens is 491 g/mol. The van der Waals surface area contributed by atoms with Gasteiger partial charge in [0, 0.05) is 11.3 Å². The molecule has 0 bridgehead atoms. The van der Waals surface area contributed by atoms with Crippen LogP contribution in [-0.2, 0) is 9.59 Å². The Balaban J connectivity index is 1.79. The number of Topliss-reactive ketones (excluding diaryl/α,β-unsaturated/α-hetero) is 1. The number of ether oxygens (including phenoxy) is 2. The first-order valence-electron chi connectivity index (χ1n) is 11.3. The summed E-state index contributed by atoms with van der Waals surface area (Å²) in [7, 11) is 0. The molecule has 0 saturated carbocycles. The molecule has 1 fully saturated rings. The van der Waals surface area contributed by atoms with Gasteiger partial charge in [-0.2, -0.15) is 0 Å². The number of benzene rings is 3. The van der Waals surface area contributed by atoms with Crippen molar-refractivity contribution in [2.45, 2.75) is 25.7 Å². The zero-order chi connectivity index (χ0) is 26.7. The summed E-state index contributed by atoms with van der Waals surface area (Å²) in [6.45, 7) is 2.46. The number of carbonyl (C=O) groups is 2. The van der Waals surface area contributed by atoms with Crippen molar-refractivity contribution in [2.24, 2.45) is 0 Å². The van der Waals surface area contributed by atoms with Gasteiger partial charge in [0.15, 0.2) is 0 Å².